The fourth-order valence-electron chi connectivity index (χ4n) is 3.79. The molecule has 2 heterocycles. The summed E-state index contributed by atoms with van der Waals surface area (Å²) in [7, 11) is 0. The molecule has 1 saturated carbocycles. The average Bonchev–Trinajstić information content (AvgIpc) is 3.13. The quantitative estimate of drug-likeness (QED) is 0.520. The highest BCUT2D eigenvalue weighted by Crippen LogP contribution is 2.28. The Labute approximate surface area is 165 Å². The largest absolute Gasteiger partial charge is 0.364 e. The number of aromatic nitrogens is 4. The smallest absolute Gasteiger partial charge is 0.225 e. The first-order chi connectivity index (χ1) is 13.6. The van der Waals surface area contributed by atoms with Crippen LogP contribution < -0.4 is 16.4 Å². The lowest BCUT2D eigenvalue weighted by Gasteiger charge is -2.29. The molecule has 148 valence electrons. The number of nitrogens with one attached hydrogen (secondary N) is 3. The molecular weight excluding hydrogens is 350 g/mol. The van der Waals surface area contributed by atoms with Gasteiger partial charge in [0.2, 0.25) is 5.95 Å². The number of benzene rings is 1. The van der Waals surface area contributed by atoms with E-state index in [4.69, 9.17) is 15.7 Å². The van der Waals surface area contributed by atoms with Crippen molar-refractivity contribution >= 4 is 22.8 Å². The van der Waals surface area contributed by atoms with Crippen LogP contribution in [0.25, 0.3) is 11.0 Å². The molecular formula is C21H29N7. The van der Waals surface area contributed by atoms with Crippen LogP contribution in [0.15, 0.2) is 30.3 Å². The average molecular weight is 380 g/mol. The zero-order valence-electron chi connectivity index (χ0n) is 16.6. The number of H-pyrrole nitrogens is 1. The monoisotopic (exact) mass is 379 g/mol. The molecule has 1 aromatic carbocycles. The van der Waals surface area contributed by atoms with Gasteiger partial charge in [0.1, 0.15) is 5.52 Å². The van der Waals surface area contributed by atoms with E-state index in [-0.39, 0.29) is 12.1 Å². The van der Waals surface area contributed by atoms with Gasteiger partial charge in [-0.3, -0.25) is 5.10 Å². The van der Waals surface area contributed by atoms with Crippen LogP contribution in [-0.2, 0) is 6.54 Å². The first-order valence-corrected chi connectivity index (χ1v) is 10.2. The summed E-state index contributed by atoms with van der Waals surface area (Å²) in [5.74, 6) is 1.66. The maximum Gasteiger partial charge on any atom is 0.225 e. The number of anilines is 2. The van der Waals surface area contributed by atoms with Crippen molar-refractivity contribution in [3.05, 3.63) is 41.6 Å². The molecule has 1 fully saturated rings. The number of hydrogen-bond donors (Lipinski definition) is 4. The summed E-state index contributed by atoms with van der Waals surface area (Å²) >= 11 is 0. The minimum atomic E-state index is 0.141. The van der Waals surface area contributed by atoms with E-state index in [1.807, 2.05) is 18.2 Å². The van der Waals surface area contributed by atoms with E-state index in [9.17, 15) is 0 Å². The van der Waals surface area contributed by atoms with Crippen molar-refractivity contribution in [2.75, 3.05) is 10.6 Å². The molecule has 2 atom stereocenters. The van der Waals surface area contributed by atoms with Gasteiger partial charge >= 0.3 is 0 Å². The second-order valence-electron chi connectivity index (χ2n) is 7.92. The van der Waals surface area contributed by atoms with Gasteiger partial charge in [0, 0.05) is 18.6 Å². The van der Waals surface area contributed by atoms with Gasteiger partial charge in [0.15, 0.2) is 11.3 Å². The Morgan fingerprint density at radius 1 is 1.11 bits per heavy atom. The number of hydrogen-bond acceptors (Lipinski definition) is 6. The van der Waals surface area contributed by atoms with E-state index in [0.717, 1.165) is 35.4 Å². The summed E-state index contributed by atoms with van der Waals surface area (Å²) in [6.07, 6.45) is 4.48. The molecule has 4 rings (SSSR count). The molecule has 2 aromatic heterocycles. The van der Waals surface area contributed by atoms with Crippen LogP contribution >= 0.6 is 0 Å². The highest BCUT2D eigenvalue weighted by atomic mass is 15.2. The van der Waals surface area contributed by atoms with Crippen molar-refractivity contribution in [3.63, 3.8) is 0 Å². The van der Waals surface area contributed by atoms with E-state index in [2.05, 4.69) is 46.8 Å². The molecule has 0 bridgehead atoms. The van der Waals surface area contributed by atoms with Crippen LogP contribution in [0.2, 0.25) is 0 Å². The molecule has 0 amide bonds. The lowest BCUT2D eigenvalue weighted by molar-refractivity contribution is 0.402. The number of nitrogens with two attached hydrogens (primary N) is 1. The molecule has 0 radical (unpaired) electrons. The summed E-state index contributed by atoms with van der Waals surface area (Å²) in [5, 5.41) is 14.6. The molecule has 0 saturated heterocycles. The van der Waals surface area contributed by atoms with Crippen molar-refractivity contribution in [2.24, 2.45) is 5.73 Å². The third kappa shape index (κ3) is 3.94. The van der Waals surface area contributed by atoms with E-state index in [1.54, 1.807) is 0 Å². The van der Waals surface area contributed by atoms with Crippen molar-refractivity contribution < 1.29 is 0 Å². The highest BCUT2D eigenvalue weighted by Gasteiger charge is 2.24. The minimum absolute atomic E-state index is 0.141. The Hall–Kier alpha value is -2.67. The summed E-state index contributed by atoms with van der Waals surface area (Å²) in [6, 6.07) is 10.6. The second kappa shape index (κ2) is 8.14. The third-order valence-electron chi connectivity index (χ3n) is 5.44. The van der Waals surface area contributed by atoms with Crippen molar-refractivity contribution in [1.29, 1.82) is 0 Å². The molecule has 3 aromatic rings. The van der Waals surface area contributed by atoms with Crippen LogP contribution in [0.1, 0.15) is 56.7 Å². The first kappa shape index (κ1) is 18.7. The fourth-order valence-corrected chi connectivity index (χ4v) is 3.79. The van der Waals surface area contributed by atoms with Crippen LogP contribution in [0.4, 0.5) is 11.8 Å². The highest BCUT2D eigenvalue weighted by molar-refractivity contribution is 5.88. The molecule has 0 aliphatic heterocycles. The topological polar surface area (TPSA) is 105 Å². The van der Waals surface area contributed by atoms with E-state index >= 15 is 0 Å². The standard InChI is InChI=1S/C21H29N7/c1-13(2)17-18-19(28-27-17)20(23-12-14-8-4-3-5-9-14)26-21(25-18)24-16-11-7-6-10-15(16)22/h3-5,8-9,13,15-16H,6-7,10-12,22H2,1-2H3,(H,27,28)(H2,23,24,25,26). The molecule has 7 nitrogen and oxygen atoms in total. The van der Waals surface area contributed by atoms with Crippen LogP contribution in [0.3, 0.4) is 0 Å². The van der Waals surface area contributed by atoms with Gasteiger partial charge in [-0.15, -0.1) is 0 Å². The fraction of sp³-hybridized carbons (Fsp3) is 0.476. The van der Waals surface area contributed by atoms with Gasteiger partial charge in [0.25, 0.3) is 0 Å². The minimum Gasteiger partial charge on any atom is -0.364 e. The Morgan fingerprint density at radius 2 is 1.89 bits per heavy atom. The van der Waals surface area contributed by atoms with Gasteiger partial charge in [0.05, 0.1) is 5.69 Å². The molecule has 2 unspecified atom stereocenters. The number of nitrogens with zero attached hydrogens (tertiary/aromatic N) is 3. The zero-order valence-corrected chi connectivity index (χ0v) is 16.6. The Morgan fingerprint density at radius 3 is 2.64 bits per heavy atom. The maximum absolute atomic E-state index is 6.32. The van der Waals surface area contributed by atoms with E-state index in [1.165, 1.54) is 18.4 Å². The normalized spacial score (nSPS) is 19.9. The molecule has 7 heteroatoms. The van der Waals surface area contributed by atoms with Crippen LogP contribution in [-0.4, -0.2) is 32.2 Å². The summed E-state index contributed by atoms with van der Waals surface area (Å²) in [6.45, 7) is 4.95. The molecule has 1 aliphatic carbocycles. The third-order valence-corrected chi connectivity index (χ3v) is 5.44. The summed E-state index contributed by atoms with van der Waals surface area (Å²) in [4.78, 5) is 9.53. The Balaban J connectivity index is 1.65. The van der Waals surface area contributed by atoms with E-state index in [0.29, 0.717) is 18.4 Å². The number of aromatic amines is 1. The molecule has 28 heavy (non-hydrogen) atoms. The second-order valence-corrected chi connectivity index (χ2v) is 7.92. The predicted octanol–water partition coefficient (Wildman–Crippen LogP) is 3.77. The van der Waals surface area contributed by atoms with Crippen LogP contribution in [0, 0.1) is 0 Å². The first-order valence-electron chi connectivity index (χ1n) is 10.2. The van der Waals surface area contributed by atoms with Crippen molar-refractivity contribution in [2.45, 2.75) is 64.1 Å². The maximum atomic E-state index is 6.32. The lowest BCUT2D eigenvalue weighted by Crippen LogP contribution is -2.43. The number of rotatable bonds is 6. The summed E-state index contributed by atoms with van der Waals surface area (Å²) in [5.41, 5.74) is 10.2. The zero-order chi connectivity index (χ0) is 19.5. The summed E-state index contributed by atoms with van der Waals surface area (Å²) < 4.78 is 0. The Bertz CT molecular complexity index is 919. The molecule has 5 N–H and O–H groups in total. The van der Waals surface area contributed by atoms with Gasteiger partial charge in [-0.1, -0.05) is 57.0 Å². The van der Waals surface area contributed by atoms with Gasteiger partial charge in [-0.25, -0.2) is 4.98 Å². The van der Waals surface area contributed by atoms with Gasteiger partial charge < -0.3 is 16.4 Å². The predicted molar refractivity (Wildman–Crippen MR) is 113 cm³/mol. The van der Waals surface area contributed by atoms with Crippen LogP contribution in [0.5, 0.6) is 0 Å². The van der Waals surface area contributed by atoms with Crippen molar-refractivity contribution in [1.82, 2.24) is 20.2 Å². The SMILES string of the molecule is CC(C)c1[nH]nc2c(NCc3ccccc3)nc(NC3CCCCC3N)nc12. The van der Waals surface area contributed by atoms with E-state index < -0.39 is 0 Å². The molecule has 1 aliphatic rings. The van der Waals surface area contributed by atoms with Crippen molar-refractivity contribution in [3.8, 4) is 0 Å². The Kier molecular flexibility index (Phi) is 5.43. The number of fused-ring (bicyclic) bond motifs is 1. The lowest BCUT2D eigenvalue weighted by atomic mass is 9.91. The van der Waals surface area contributed by atoms with Gasteiger partial charge in [-0.05, 0) is 24.3 Å². The molecule has 0 spiro atoms. The van der Waals surface area contributed by atoms with Gasteiger partial charge in [-0.2, -0.15) is 10.1 Å².